The molecule has 0 aliphatic heterocycles. The van der Waals surface area contributed by atoms with Crippen LogP contribution in [-0.4, -0.2) is 13.1 Å². The van der Waals surface area contributed by atoms with Crippen LogP contribution in [0.5, 0.6) is 0 Å². The van der Waals surface area contributed by atoms with Crippen molar-refractivity contribution < 1.29 is 9.53 Å². The Kier molecular flexibility index (Phi) is 5.65. The predicted octanol–water partition coefficient (Wildman–Crippen LogP) is 2.57. The Morgan fingerprint density at radius 3 is 2.53 bits per heavy atom. The Labute approximate surface area is 100.0 Å². The van der Waals surface area contributed by atoms with Crippen LogP contribution in [0, 0.1) is 0 Å². The molecule has 0 aliphatic rings. The maximum Gasteiger partial charge on any atom is 0.337 e. The molecule has 1 aromatic carbocycles. The van der Waals surface area contributed by atoms with Crippen molar-refractivity contribution in [2.45, 2.75) is 13.0 Å². The molecule has 0 saturated carbocycles. The molecule has 1 aromatic rings. The molecule has 0 spiro atoms. The molecule has 0 aromatic heterocycles. The Hall–Kier alpha value is -0.770. The summed E-state index contributed by atoms with van der Waals surface area (Å²) in [5.74, 6) is -0.400. The Bertz CT molecular complexity index is 353. The number of nitrogens with two attached hydrogens (primary N) is 1. The van der Waals surface area contributed by atoms with E-state index in [1.807, 2.05) is 6.92 Å². The minimum atomic E-state index is -0.400. The highest BCUT2D eigenvalue weighted by atomic mass is 35.5. The van der Waals surface area contributed by atoms with E-state index in [1.165, 1.54) is 7.11 Å². The number of esters is 1. The summed E-state index contributed by atoms with van der Waals surface area (Å²) in [6.07, 6.45) is 0. The second-order valence-electron chi connectivity index (χ2n) is 3.02. The van der Waals surface area contributed by atoms with Crippen LogP contribution in [0.1, 0.15) is 28.9 Å². The van der Waals surface area contributed by atoms with Crippen LogP contribution in [0.4, 0.5) is 0 Å². The van der Waals surface area contributed by atoms with E-state index in [0.717, 1.165) is 5.56 Å². The number of benzene rings is 1. The van der Waals surface area contributed by atoms with Gasteiger partial charge in [-0.1, -0.05) is 17.7 Å². The normalized spacial score (nSPS) is 11.5. The molecule has 0 fully saturated rings. The van der Waals surface area contributed by atoms with Gasteiger partial charge in [-0.05, 0) is 24.6 Å². The number of carbonyl (C=O) groups is 1. The summed E-state index contributed by atoms with van der Waals surface area (Å²) in [5, 5.41) is 0.489. The lowest BCUT2D eigenvalue weighted by atomic mass is 10.1. The maximum atomic E-state index is 11.1. The van der Waals surface area contributed by atoms with Crippen molar-refractivity contribution in [2.24, 2.45) is 5.73 Å². The Morgan fingerprint density at radius 1 is 1.53 bits per heavy atom. The highest BCUT2D eigenvalue weighted by Crippen LogP contribution is 2.22. The summed E-state index contributed by atoms with van der Waals surface area (Å²) in [6, 6.07) is 4.80. The fourth-order valence-electron chi connectivity index (χ4n) is 1.14. The number of hydrogen-bond donors (Lipinski definition) is 1. The van der Waals surface area contributed by atoms with Crippen LogP contribution in [0.15, 0.2) is 18.2 Å². The molecule has 1 atom stereocenters. The molecule has 3 nitrogen and oxygen atoms in total. The molecule has 0 bridgehead atoms. The first kappa shape index (κ1) is 14.2. The van der Waals surface area contributed by atoms with E-state index in [0.29, 0.717) is 10.6 Å². The molecule has 84 valence electrons. The molecule has 0 radical (unpaired) electrons. The van der Waals surface area contributed by atoms with Crippen LogP contribution in [-0.2, 0) is 4.74 Å². The first-order valence-corrected chi connectivity index (χ1v) is 4.57. The van der Waals surface area contributed by atoms with Crippen molar-refractivity contribution in [1.29, 1.82) is 0 Å². The number of rotatable bonds is 2. The van der Waals surface area contributed by atoms with Crippen LogP contribution < -0.4 is 5.73 Å². The molecular formula is C10H13Cl2NO2. The fraction of sp³-hybridized carbons (Fsp3) is 0.300. The van der Waals surface area contributed by atoms with Crippen molar-refractivity contribution in [3.8, 4) is 0 Å². The lowest BCUT2D eigenvalue weighted by Crippen LogP contribution is -2.07. The van der Waals surface area contributed by atoms with Gasteiger partial charge in [-0.2, -0.15) is 0 Å². The zero-order valence-electron chi connectivity index (χ0n) is 8.49. The standard InChI is InChI=1S/C10H12ClNO2.ClH/c1-6(12)8-4-3-7(5-9(8)11)10(13)14-2;/h3-6H,12H2,1-2H3;1H/t6-;/m1./s1. The van der Waals surface area contributed by atoms with Gasteiger partial charge in [0.15, 0.2) is 0 Å². The van der Waals surface area contributed by atoms with E-state index in [9.17, 15) is 4.79 Å². The maximum absolute atomic E-state index is 11.1. The topological polar surface area (TPSA) is 52.3 Å². The lowest BCUT2D eigenvalue weighted by molar-refractivity contribution is 0.0600. The van der Waals surface area contributed by atoms with Gasteiger partial charge in [-0.15, -0.1) is 12.4 Å². The third-order valence-electron chi connectivity index (χ3n) is 1.91. The minimum Gasteiger partial charge on any atom is -0.465 e. The largest absolute Gasteiger partial charge is 0.465 e. The summed E-state index contributed by atoms with van der Waals surface area (Å²) >= 11 is 5.94. The van der Waals surface area contributed by atoms with E-state index in [4.69, 9.17) is 17.3 Å². The molecule has 0 amide bonds. The molecule has 0 saturated heterocycles. The van der Waals surface area contributed by atoms with Crippen molar-refractivity contribution >= 4 is 30.0 Å². The molecule has 15 heavy (non-hydrogen) atoms. The van der Waals surface area contributed by atoms with E-state index < -0.39 is 5.97 Å². The van der Waals surface area contributed by atoms with Gasteiger partial charge in [-0.3, -0.25) is 0 Å². The molecule has 0 heterocycles. The average molecular weight is 250 g/mol. The number of ether oxygens (including phenoxy) is 1. The van der Waals surface area contributed by atoms with E-state index >= 15 is 0 Å². The fourth-order valence-corrected chi connectivity index (χ4v) is 1.49. The number of halogens is 2. The van der Waals surface area contributed by atoms with Gasteiger partial charge in [0.05, 0.1) is 12.7 Å². The second-order valence-corrected chi connectivity index (χ2v) is 3.42. The summed E-state index contributed by atoms with van der Waals surface area (Å²) in [5.41, 5.74) is 6.92. The smallest absolute Gasteiger partial charge is 0.337 e. The first-order valence-electron chi connectivity index (χ1n) is 4.19. The molecule has 5 heteroatoms. The van der Waals surface area contributed by atoms with Crippen LogP contribution >= 0.6 is 24.0 Å². The summed E-state index contributed by atoms with van der Waals surface area (Å²) in [4.78, 5) is 11.1. The molecular weight excluding hydrogens is 237 g/mol. The zero-order valence-corrected chi connectivity index (χ0v) is 10.1. The van der Waals surface area contributed by atoms with Gasteiger partial charge in [-0.25, -0.2) is 4.79 Å². The Balaban J connectivity index is 0.00000196. The second kappa shape index (κ2) is 5.95. The summed E-state index contributed by atoms with van der Waals surface area (Å²) in [6.45, 7) is 1.83. The van der Waals surface area contributed by atoms with Crippen molar-refractivity contribution in [3.05, 3.63) is 34.3 Å². The van der Waals surface area contributed by atoms with Crippen LogP contribution in [0.3, 0.4) is 0 Å². The quantitative estimate of drug-likeness (QED) is 0.820. The van der Waals surface area contributed by atoms with Gasteiger partial charge < -0.3 is 10.5 Å². The van der Waals surface area contributed by atoms with Gasteiger partial charge in [0.2, 0.25) is 0 Å². The van der Waals surface area contributed by atoms with Gasteiger partial charge in [0.1, 0.15) is 0 Å². The Morgan fingerprint density at radius 2 is 2.13 bits per heavy atom. The lowest BCUT2D eigenvalue weighted by Gasteiger charge is -2.08. The van der Waals surface area contributed by atoms with Crippen molar-refractivity contribution in [3.63, 3.8) is 0 Å². The highest BCUT2D eigenvalue weighted by Gasteiger charge is 2.10. The van der Waals surface area contributed by atoms with E-state index in [2.05, 4.69) is 4.74 Å². The van der Waals surface area contributed by atoms with Crippen molar-refractivity contribution in [2.75, 3.05) is 7.11 Å². The number of carbonyl (C=O) groups excluding carboxylic acids is 1. The average Bonchev–Trinajstić information content (AvgIpc) is 2.15. The molecule has 1 rings (SSSR count). The van der Waals surface area contributed by atoms with Gasteiger partial charge in [0, 0.05) is 11.1 Å². The zero-order chi connectivity index (χ0) is 10.7. The first-order chi connectivity index (χ1) is 6.56. The van der Waals surface area contributed by atoms with Gasteiger partial charge in [0.25, 0.3) is 0 Å². The predicted molar refractivity (Wildman–Crippen MR) is 62.6 cm³/mol. The third-order valence-corrected chi connectivity index (χ3v) is 2.24. The molecule has 2 N–H and O–H groups in total. The minimum absolute atomic E-state index is 0. The summed E-state index contributed by atoms with van der Waals surface area (Å²) in [7, 11) is 1.33. The van der Waals surface area contributed by atoms with Crippen LogP contribution in [0.2, 0.25) is 5.02 Å². The number of methoxy groups -OCH3 is 1. The monoisotopic (exact) mass is 249 g/mol. The number of hydrogen-bond acceptors (Lipinski definition) is 3. The van der Waals surface area contributed by atoms with Gasteiger partial charge >= 0.3 is 5.97 Å². The van der Waals surface area contributed by atoms with E-state index in [-0.39, 0.29) is 18.4 Å². The molecule has 0 aliphatic carbocycles. The molecule has 0 unspecified atom stereocenters. The summed E-state index contributed by atoms with van der Waals surface area (Å²) < 4.78 is 4.56. The van der Waals surface area contributed by atoms with Crippen molar-refractivity contribution in [1.82, 2.24) is 0 Å². The SMILES string of the molecule is COC(=O)c1ccc([C@@H](C)N)c(Cl)c1.Cl. The third kappa shape index (κ3) is 3.38. The van der Waals surface area contributed by atoms with E-state index in [1.54, 1.807) is 18.2 Å². The highest BCUT2D eigenvalue weighted by molar-refractivity contribution is 6.31. The van der Waals surface area contributed by atoms with Crippen LogP contribution in [0.25, 0.3) is 0 Å².